The molecule has 0 spiro atoms. The van der Waals surface area contributed by atoms with Crippen molar-refractivity contribution in [3.8, 4) is 11.5 Å². The average molecular weight is 458 g/mol. The van der Waals surface area contributed by atoms with Crippen LogP contribution in [0.1, 0.15) is 18.4 Å². The van der Waals surface area contributed by atoms with Gasteiger partial charge >= 0.3 is 6.18 Å². The molecule has 6 nitrogen and oxygen atoms in total. The average Bonchev–Trinajstić information content (AvgIpc) is 3.27. The molecule has 31 heavy (non-hydrogen) atoms. The molecule has 1 heterocycles. The first-order valence-corrected chi connectivity index (χ1v) is 10.0. The summed E-state index contributed by atoms with van der Waals surface area (Å²) in [4.78, 5) is 14.5. The van der Waals surface area contributed by atoms with E-state index in [1.165, 1.54) is 32.4 Å². The number of rotatable bonds is 7. The first-order chi connectivity index (χ1) is 14.7. The molecular weight excluding hydrogens is 435 g/mol. The third-order valence-corrected chi connectivity index (χ3v) is 5.25. The predicted molar refractivity (Wildman–Crippen MR) is 115 cm³/mol. The first-order valence-electron chi connectivity index (χ1n) is 9.64. The largest absolute Gasteiger partial charge is 0.495 e. The van der Waals surface area contributed by atoms with Crippen LogP contribution in [-0.4, -0.2) is 39.8 Å². The molecule has 1 aliphatic rings. The van der Waals surface area contributed by atoms with E-state index < -0.39 is 17.6 Å². The van der Waals surface area contributed by atoms with Gasteiger partial charge in [0.1, 0.15) is 11.5 Å². The maximum atomic E-state index is 13.2. The van der Waals surface area contributed by atoms with Crippen molar-refractivity contribution in [2.24, 2.45) is 0 Å². The summed E-state index contributed by atoms with van der Waals surface area (Å²) in [5.74, 6) is 0.211. The third-order valence-electron chi connectivity index (χ3n) is 4.96. The number of carbonyl (C=O) groups is 1. The second-order valence-electron chi connectivity index (χ2n) is 7.01. The number of ether oxygens (including phenoxy) is 2. The van der Waals surface area contributed by atoms with Crippen LogP contribution in [-0.2, 0) is 11.0 Å². The van der Waals surface area contributed by atoms with Crippen molar-refractivity contribution in [1.82, 2.24) is 0 Å². The van der Waals surface area contributed by atoms with Crippen molar-refractivity contribution in [2.45, 2.75) is 19.0 Å². The van der Waals surface area contributed by atoms with Gasteiger partial charge in [0.2, 0.25) is 5.91 Å². The van der Waals surface area contributed by atoms with Crippen LogP contribution < -0.4 is 25.0 Å². The van der Waals surface area contributed by atoms with Crippen LogP contribution in [0.2, 0.25) is 5.02 Å². The van der Waals surface area contributed by atoms with Gasteiger partial charge in [0.25, 0.3) is 0 Å². The molecule has 168 valence electrons. The Morgan fingerprint density at radius 2 is 1.74 bits per heavy atom. The summed E-state index contributed by atoms with van der Waals surface area (Å²) < 4.78 is 49.9. The maximum Gasteiger partial charge on any atom is 0.416 e. The van der Waals surface area contributed by atoms with Gasteiger partial charge in [-0.2, -0.15) is 13.2 Å². The molecule has 2 aromatic rings. The van der Waals surface area contributed by atoms with Crippen LogP contribution in [0.5, 0.6) is 11.5 Å². The number of nitrogens with one attached hydrogen (secondary N) is 2. The summed E-state index contributed by atoms with van der Waals surface area (Å²) in [6.07, 6.45) is -2.53. The van der Waals surface area contributed by atoms with Gasteiger partial charge in [-0.15, -0.1) is 0 Å². The van der Waals surface area contributed by atoms with Gasteiger partial charge in [0, 0.05) is 25.2 Å². The van der Waals surface area contributed by atoms with E-state index in [2.05, 4.69) is 10.6 Å². The molecule has 2 N–H and O–H groups in total. The van der Waals surface area contributed by atoms with Crippen LogP contribution in [0, 0.1) is 0 Å². The highest BCUT2D eigenvalue weighted by atomic mass is 35.5. The fourth-order valence-corrected chi connectivity index (χ4v) is 3.65. The number of hydrogen-bond donors (Lipinski definition) is 2. The second kappa shape index (κ2) is 9.55. The molecule has 3 rings (SSSR count). The van der Waals surface area contributed by atoms with E-state index >= 15 is 0 Å². The number of alkyl halides is 3. The van der Waals surface area contributed by atoms with Crippen molar-refractivity contribution in [3.63, 3.8) is 0 Å². The topological polar surface area (TPSA) is 62.8 Å². The molecule has 1 fully saturated rings. The van der Waals surface area contributed by atoms with Crippen LogP contribution in [0.25, 0.3) is 0 Å². The molecule has 0 saturated carbocycles. The Hall–Kier alpha value is -2.81. The van der Waals surface area contributed by atoms with Gasteiger partial charge in [0.15, 0.2) is 0 Å². The Morgan fingerprint density at radius 3 is 2.35 bits per heavy atom. The van der Waals surface area contributed by atoms with Crippen molar-refractivity contribution >= 4 is 34.6 Å². The summed E-state index contributed by atoms with van der Waals surface area (Å²) in [6.45, 7) is 1.28. The van der Waals surface area contributed by atoms with Crippen molar-refractivity contribution in [1.29, 1.82) is 0 Å². The van der Waals surface area contributed by atoms with Crippen molar-refractivity contribution in [3.05, 3.63) is 40.9 Å². The van der Waals surface area contributed by atoms with Gasteiger partial charge in [-0.3, -0.25) is 4.79 Å². The SMILES string of the molecule is COc1cc(NC(=O)CNc2cc(C(F)(F)F)ccc2N2CCCC2)c(OC)cc1Cl. The Morgan fingerprint density at radius 1 is 1.06 bits per heavy atom. The molecule has 0 radical (unpaired) electrons. The number of nitrogens with zero attached hydrogens (tertiary/aromatic N) is 1. The zero-order valence-corrected chi connectivity index (χ0v) is 17.9. The molecule has 0 bridgehead atoms. The second-order valence-corrected chi connectivity index (χ2v) is 7.42. The lowest BCUT2D eigenvalue weighted by atomic mass is 10.1. The predicted octanol–water partition coefficient (Wildman–Crippen LogP) is 5.03. The van der Waals surface area contributed by atoms with E-state index in [4.69, 9.17) is 21.1 Å². The van der Waals surface area contributed by atoms with E-state index in [0.29, 0.717) is 27.9 Å². The van der Waals surface area contributed by atoms with Gasteiger partial charge in [-0.05, 0) is 31.0 Å². The lowest BCUT2D eigenvalue weighted by Crippen LogP contribution is -2.25. The lowest BCUT2D eigenvalue weighted by Gasteiger charge is -2.23. The Labute approximate surface area is 183 Å². The quantitative estimate of drug-likeness (QED) is 0.611. The van der Waals surface area contributed by atoms with E-state index in [0.717, 1.165) is 38.1 Å². The highest BCUT2D eigenvalue weighted by Gasteiger charge is 2.31. The molecule has 0 atom stereocenters. The molecule has 0 aromatic heterocycles. The molecule has 1 amide bonds. The van der Waals surface area contributed by atoms with Crippen LogP contribution >= 0.6 is 11.6 Å². The smallest absolute Gasteiger partial charge is 0.416 e. The van der Waals surface area contributed by atoms with E-state index in [9.17, 15) is 18.0 Å². The van der Waals surface area contributed by atoms with Gasteiger partial charge < -0.3 is 25.0 Å². The summed E-state index contributed by atoms with van der Waals surface area (Å²) in [6, 6.07) is 6.55. The number of hydrogen-bond acceptors (Lipinski definition) is 5. The fourth-order valence-electron chi connectivity index (χ4n) is 3.42. The summed E-state index contributed by atoms with van der Waals surface area (Å²) in [7, 11) is 2.87. The zero-order valence-electron chi connectivity index (χ0n) is 17.1. The molecule has 10 heteroatoms. The van der Waals surface area contributed by atoms with Crippen LogP contribution in [0.15, 0.2) is 30.3 Å². The van der Waals surface area contributed by atoms with E-state index in [1.807, 2.05) is 4.90 Å². The Balaban J connectivity index is 1.78. The van der Waals surface area contributed by atoms with E-state index in [1.54, 1.807) is 0 Å². The van der Waals surface area contributed by atoms with Gasteiger partial charge in [-0.1, -0.05) is 11.6 Å². The highest BCUT2D eigenvalue weighted by Crippen LogP contribution is 2.37. The number of benzene rings is 2. The summed E-state index contributed by atoms with van der Waals surface area (Å²) in [5.41, 5.74) is 0.457. The third kappa shape index (κ3) is 5.46. The molecular formula is C21H23ClF3N3O3. The lowest BCUT2D eigenvalue weighted by molar-refractivity contribution is -0.137. The number of halogens is 4. The fraction of sp³-hybridized carbons (Fsp3) is 0.381. The minimum atomic E-state index is -4.48. The minimum absolute atomic E-state index is 0.240. The van der Waals surface area contributed by atoms with Gasteiger partial charge in [-0.25, -0.2) is 0 Å². The maximum absolute atomic E-state index is 13.2. The van der Waals surface area contributed by atoms with Gasteiger partial charge in [0.05, 0.1) is 48.4 Å². The highest BCUT2D eigenvalue weighted by molar-refractivity contribution is 6.32. The Kier molecular flexibility index (Phi) is 7.04. The molecule has 1 saturated heterocycles. The normalized spacial score (nSPS) is 13.8. The monoisotopic (exact) mass is 457 g/mol. The standard InChI is InChI=1S/C21H23ClF3N3O3/c1-30-18-11-16(19(31-2)10-14(18)22)27-20(29)12-26-15-9-13(21(23,24)25)5-6-17(15)28-7-3-4-8-28/h5-6,9-11,26H,3-4,7-8,12H2,1-2H3,(H,27,29). The molecule has 1 aliphatic heterocycles. The zero-order chi connectivity index (χ0) is 22.6. The summed E-state index contributed by atoms with van der Waals surface area (Å²) in [5, 5.41) is 5.83. The van der Waals surface area contributed by atoms with E-state index in [-0.39, 0.29) is 12.2 Å². The number of methoxy groups -OCH3 is 2. The number of anilines is 3. The Bertz CT molecular complexity index is 947. The van der Waals surface area contributed by atoms with Crippen molar-refractivity contribution < 1.29 is 27.4 Å². The minimum Gasteiger partial charge on any atom is -0.495 e. The van der Waals surface area contributed by atoms with Crippen LogP contribution in [0.4, 0.5) is 30.2 Å². The molecule has 0 unspecified atom stereocenters. The number of amides is 1. The van der Waals surface area contributed by atoms with Crippen molar-refractivity contribution in [2.75, 3.05) is 49.4 Å². The molecule has 2 aromatic carbocycles. The summed E-state index contributed by atoms with van der Waals surface area (Å²) >= 11 is 6.06. The number of carbonyl (C=O) groups excluding carboxylic acids is 1. The molecule has 0 aliphatic carbocycles. The first kappa shape index (κ1) is 22.9. The van der Waals surface area contributed by atoms with Crippen LogP contribution in [0.3, 0.4) is 0 Å².